The summed E-state index contributed by atoms with van der Waals surface area (Å²) in [6.45, 7) is 3.94. The van der Waals surface area contributed by atoms with Crippen molar-refractivity contribution >= 4 is 0 Å². The van der Waals surface area contributed by atoms with Crippen molar-refractivity contribution in [3.05, 3.63) is 53.4 Å². The second-order valence-corrected chi connectivity index (χ2v) is 4.21. The highest BCUT2D eigenvalue weighted by Crippen LogP contribution is 2.38. The van der Waals surface area contributed by atoms with Crippen LogP contribution < -0.4 is 0 Å². The number of nitrogens with zero attached hydrogens (tertiary/aromatic N) is 1. The third kappa shape index (κ3) is 1.32. The van der Waals surface area contributed by atoms with Crippen LogP contribution in [-0.4, -0.2) is 10.6 Å². The van der Waals surface area contributed by atoms with E-state index in [2.05, 4.69) is 12.1 Å². The van der Waals surface area contributed by atoms with Gasteiger partial charge in [-0.05, 0) is 25.6 Å². The number of hydrogen-bond acceptors (Lipinski definition) is 2. The van der Waals surface area contributed by atoms with E-state index in [4.69, 9.17) is 0 Å². The Balaban J connectivity index is 2.34. The van der Waals surface area contributed by atoms with Crippen molar-refractivity contribution in [2.75, 3.05) is 0 Å². The second kappa shape index (κ2) is 3.14. The van der Waals surface area contributed by atoms with E-state index >= 15 is 0 Å². The van der Waals surface area contributed by atoms with Crippen molar-refractivity contribution < 1.29 is 0 Å². The third-order valence-electron chi connectivity index (χ3n) is 2.90. The maximum absolute atomic E-state index is 11.5. The Bertz CT molecular complexity index is 343. The highest BCUT2D eigenvalue weighted by Gasteiger charge is 2.33. The summed E-state index contributed by atoms with van der Waals surface area (Å²) in [5.74, 6) is 0.196. The largest absolute Gasteiger partial charge is 0.758 e. The Kier molecular flexibility index (Phi) is 2.08. The van der Waals surface area contributed by atoms with E-state index in [0.717, 1.165) is 5.06 Å². The van der Waals surface area contributed by atoms with Crippen LogP contribution in [0.5, 0.6) is 0 Å². The fourth-order valence-electron chi connectivity index (χ4n) is 1.91. The van der Waals surface area contributed by atoms with Gasteiger partial charge in [0, 0.05) is 11.5 Å². The van der Waals surface area contributed by atoms with E-state index in [0.29, 0.717) is 0 Å². The quantitative estimate of drug-likeness (QED) is 0.677. The molecule has 0 bridgehead atoms. The van der Waals surface area contributed by atoms with Gasteiger partial charge in [-0.2, -0.15) is 0 Å². The lowest BCUT2D eigenvalue weighted by atomic mass is 9.84. The molecule has 0 aromatic heterocycles. The van der Waals surface area contributed by atoms with E-state index in [1.54, 1.807) is 6.20 Å². The van der Waals surface area contributed by atoms with Crippen molar-refractivity contribution in [2.45, 2.75) is 25.3 Å². The first kappa shape index (κ1) is 9.28. The molecule has 2 heteroatoms. The molecule has 0 fully saturated rings. The van der Waals surface area contributed by atoms with E-state index in [-0.39, 0.29) is 11.5 Å². The predicted octanol–water partition coefficient (Wildman–Crippen LogP) is 2.88. The molecule has 1 aromatic rings. The molecule has 2 nitrogen and oxygen atoms in total. The average Bonchev–Trinajstić information content (AvgIpc) is 2.44. The van der Waals surface area contributed by atoms with E-state index < -0.39 is 0 Å². The van der Waals surface area contributed by atoms with Crippen LogP contribution in [0.15, 0.2) is 42.6 Å². The minimum atomic E-state index is -0.360. The Labute approximate surface area is 84.4 Å². The molecular weight excluding hydrogens is 174 g/mol. The number of rotatable bonds is 1. The summed E-state index contributed by atoms with van der Waals surface area (Å²) >= 11 is 0. The van der Waals surface area contributed by atoms with Crippen LogP contribution in [0, 0.1) is 5.21 Å². The molecule has 14 heavy (non-hydrogen) atoms. The van der Waals surface area contributed by atoms with Crippen molar-refractivity contribution in [1.29, 1.82) is 0 Å². The minimum Gasteiger partial charge on any atom is -0.758 e. The SMILES string of the molecule is CC1(C)C(c2ccccc2)C=CN1[O-]. The van der Waals surface area contributed by atoms with Gasteiger partial charge in [0.25, 0.3) is 0 Å². The molecular formula is C12H14NO-. The molecule has 1 atom stereocenters. The first-order chi connectivity index (χ1) is 6.62. The van der Waals surface area contributed by atoms with Gasteiger partial charge in [0.2, 0.25) is 0 Å². The van der Waals surface area contributed by atoms with Crippen molar-refractivity contribution in [3.63, 3.8) is 0 Å². The van der Waals surface area contributed by atoms with E-state index in [9.17, 15) is 5.21 Å². The molecule has 2 rings (SSSR count). The van der Waals surface area contributed by atoms with E-state index in [1.807, 2.05) is 38.1 Å². The third-order valence-corrected chi connectivity index (χ3v) is 2.90. The molecule has 0 radical (unpaired) electrons. The Morgan fingerprint density at radius 2 is 1.86 bits per heavy atom. The van der Waals surface area contributed by atoms with Crippen molar-refractivity contribution in [2.24, 2.45) is 0 Å². The van der Waals surface area contributed by atoms with Crippen LogP contribution in [0.25, 0.3) is 0 Å². The summed E-state index contributed by atoms with van der Waals surface area (Å²) in [5, 5.41) is 12.5. The topological polar surface area (TPSA) is 26.3 Å². The summed E-state index contributed by atoms with van der Waals surface area (Å²) in [6.07, 6.45) is 3.60. The molecule has 0 amide bonds. The summed E-state index contributed by atoms with van der Waals surface area (Å²) in [5.41, 5.74) is 0.841. The zero-order valence-corrected chi connectivity index (χ0v) is 8.47. The monoisotopic (exact) mass is 188 g/mol. The lowest BCUT2D eigenvalue weighted by Gasteiger charge is -2.42. The lowest BCUT2D eigenvalue weighted by molar-refractivity contribution is 0.257. The number of benzene rings is 1. The van der Waals surface area contributed by atoms with Crippen LogP contribution in [0.1, 0.15) is 25.3 Å². The fraction of sp³-hybridized carbons (Fsp3) is 0.333. The second-order valence-electron chi connectivity index (χ2n) is 4.21. The van der Waals surface area contributed by atoms with Gasteiger partial charge in [-0.25, -0.2) is 0 Å². The van der Waals surface area contributed by atoms with Crippen LogP contribution in [-0.2, 0) is 0 Å². The fourth-order valence-corrected chi connectivity index (χ4v) is 1.91. The molecule has 1 aliphatic rings. The predicted molar refractivity (Wildman–Crippen MR) is 57.6 cm³/mol. The molecule has 0 saturated heterocycles. The number of hydroxylamine groups is 2. The van der Waals surface area contributed by atoms with Crippen LogP contribution >= 0.6 is 0 Å². The van der Waals surface area contributed by atoms with E-state index in [1.165, 1.54) is 5.56 Å². The molecule has 1 aromatic carbocycles. The van der Waals surface area contributed by atoms with Gasteiger partial charge in [-0.3, -0.25) is 0 Å². The van der Waals surface area contributed by atoms with Gasteiger partial charge in [-0.15, -0.1) is 0 Å². The maximum atomic E-state index is 11.5. The zero-order valence-electron chi connectivity index (χ0n) is 8.47. The van der Waals surface area contributed by atoms with Gasteiger partial charge in [0.05, 0.1) is 0 Å². The van der Waals surface area contributed by atoms with Crippen LogP contribution in [0.2, 0.25) is 0 Å². The Hall–Kier alpha value is -1.28. The Morgan fingerprint density at radius 3 is 2.36 bits per heavy atom. The molecule has 1 heterocycles. The summed E-state index contributed by atoms with van der Waals surface area (Å²) < 4.78 is 0. The average molecular weight is 188 g/mol. The molecule has 1 aliphatic heterocycles. The molecule has 0 spiro atoms. The molecule has 0 saturated carbocycles. The summed E-state index contributed by atoms with van der Waals surface area (Å²) in [6, 6.07) is 10.1. The lowest BCUT2D eigenvalue weighted by Crippen LogP contribution is -2.37. The van der Waals surface area contributed by atoms with Gasteiger partial charge in [0.15, 0.2) is 0 Å². The standard InChI is InChI=1S/C12H14NO/c1-12(2)11(8-9-13(12)14)10-6-4-3-5-7-10/h3-9,11H,1-2H3/q-1. The summed E-state index contributed by atoms with van der Waals surface area (Å²) in [4.78, 5) is 0. The zero-order chi connectivity index (χ0) is 10.2. The number of hydrogen-bond donors (Lipinski definition) is 0. The first-order valence-corrected chi connectivity index (χ1v) is 4.82. The highest BCUT2D eigenvalue weighted by atomic mass is 16.5. The van der Waals surface area contributed by atoms with Gasteiger partial charge in [-0.1, -0.05) is 36.4 Å². The highest BCUT2D eigenvalue weighted by molar-refractivity contribution is 5.31. The normalized spacial score (nSPS) is 24.2. The van der Waals surface area contributed by atoms with Gasteiger partial charge < -0.3 is 10.3 Å². The van der Waals surface area contributed by atoms with Crippen LogP contribution in [0.3, 0.4) is 0 Å². The molecule has 0 N–H and O–H groups in total. The minimum absolute atomic E-state index is 0.196. The van der Waals surface area contributed by atoms with Crippen molar-refractivity contribution in [1.82, 2.24) is 5.06 Å². The Morgan fingerprint density at radius 1 is 1.21 bits per heavy atom. The van der Waals surface area contributed by atoms with Gasteiger partial charge in [0.1, 0.15) is 0 Å². The molecule has 0 aliphatic carbocycles. The first-order valence-electron chi connectivity index (χ1n) is 4.82. The molecule has 74 valence electrons. The maximum Gasteiger partial charge on any atom is 0.0332 e. The van der Waals surface area contributed by atoms with Crippen molar-refractivity contribution in [3.8, 4) is 0 Å². The summed E-state index contributed by atoms with van der Waals surface area (Å²) in [7, 11) is 0. The smallest absolute Gasteiger partial charge is 0.0332 e. The van der Waals surface area contributed by atoms with Crippen LogP contribution in [0.4, 0.5) is 0 Å². The molecule has 1 unspecified atom stereocenters. The van der Waals surface area contributed by atoms with Gasteiger partial charge >= 0.3 is 0 Å².